The van der Waals surface area contributed by atoms with E-state index in [-0.39, 0.29) is 16.7 Å². The molecule has 1 heterocycles. The molecule has 44 valence electrons. The summed E-state index contributed by atoms with van der Waals surface area (Å²) in [5.41, 5.74) is 5.27. The molecular weight excluding hydrogens is 170 g/mol. The van der Waals surface area contributed by atoms with Crippen molar-refractivity contribution in [1.29, 1.82) is 0 Å². The molecule has 0 saturated carbocycles. The zero-order valence-electron chi connectivity index (χ0n) is 7.85. The Morgan fingerprint density at radius 3 is 3.25 bits per heavy atom. The molecule has 0 radical (unpaired) electrons. The summed E-state index contributed by atoms with van der Waals surface area (Å²) in [5.74, 6) is -0.188. The van der Waals surface area contributed by atoms with Gasteiger partial charge in [-0.3, -0.25) is 0 Å². The van der Waals surface area contributed by atoms with Crippen LogP contribution in [0.15, 0.2) is 10.8 Å². The number of nitrogens with zero attached hydrogens (tertiary/aromatic N) is 2. The summed E-state index contributed by atoms with van der Waals surface area (Å²) in [6, 6.07) is 0. The molecule has 8 heavy (non-hydrogen) atoms. The van der Waals surface area contributed by atoms with Crippen LogP contribution in [0.4, 0.5) is 5.95 Å². The van der Waals surface area contributed by atoms with Crippen molar-refractivity contribution in [1.82, 2.24) is 9.55 Å². The number of halogens is 1. The van der Waals surface area contributed by atoms with Crippen LogP contribution in [0, 0.1) is 0 Å². The second kappa shape index (κ2) is 1.78. The van der Waals surface area contributed by atoms with Gasteiger partial charge in [0.15, 0.2) is 0 Å². The lowest BCUT2D eigenvalue weighted by Gasteiger charge is -1.87. The van der Waals surface area contributed by atoms with Crippen molar-refractivity contribution in [2.75, 3.05) is 5.73 Å². The van der Waals surface area contributed by atoms with E-state index in [4.69, 9.17) is 11.2 Å². The minimum Gasteiger partial charge on any atom is -0.369 e. The first-order chi connectivity index (χ1) is 5.34. The van der Waals surface area contributed by atoms with Crippen LogP contribution in [-0.4, -0.2) is 9.55 Å². The Kier molecular flexibility index (Phi) is 0.531. The minimum absolute atomic E-state index is 0.135. The molecule has 3 nitrogen and oxygen atoms in total. The molecule has 2 N–H and O–H groups in total. The monoisotopic (exact) mass is 179 g/mol. The van der Waals surface area contributed by atoms with Crippen LogP contribution in [0.25, 0.3) is 0 Å². The van der Waals surface area contributed by atoms with E-state index in [1.54, 1.807) is 0 Å². The van der Waals surface area contributed by atoms with E-state index in [0.717, 1.165) is 0 Å². The third-order valence-corrected chi connectivity index (χ3v) is 1.00. The maximum Gasteiger partial charge on any atom is 0.200 e. The van der Waals surface area contributed by atoms with Crippen molar-refractivity contribution in [2.24, 2.45) is 6.98 Å². The van der Waals surface area contributed by atoms with Crippen LogP contribution in [-0.2, 0) is 6.98 Å². The van der Waals surface area contributed by atoms with Crippen LogP contribution in [0.5, 0.6) is 0 Å². The number of aromatic nitrogens is 2. The van der Waals surface area contributed by atoms with E-state index in [0.29, 0.717) is 4.57 Å². The van der Waals surface area contributed by atoms with Gasteiger partial charge in [0, 0.05) is 17.3 Å². The Labute approximate surface area is 61.3 Å². The van der Waals surface area contributed by atoms with Crippen molar-refractivity contribution < 1.29 is 5.48 Å². The fourth-order valence-corrected chi connectivity index (χ4v) is 0.684. The van der Waals surface area contributed by atoms with Crippen LogP contribution in [0.3, 0.4) is 0 Å². The summed E-state index contributed by atoms with van der Waals surface area (Å²) in [6.45, 7) is -2.44. The average Bonchev–Trinajstić information content (AvgIpc) is 2.05. The number of anilines is 1. The fourth-order valence-electron chi connectivity index (χ4n) is 0.325. The van der Waals surface area contributed by atoms with E-state index in [1.807, 2.05) is 0 Å². The van der Waals surface area contributed by atoms with Gasteiger partial charge >= 0.3 is 0 Å². The number of imidazole rings is 1. The molecule has 0 atom stereocenters. The van der Waals surface area contributed by atoms with Crippen molar-refractivity contribution in [3.63, 3.8) is 0 Å². The predicted molar refractivity (Wildman–Crippen MR) is 35.3 cm³/mol. The number of rotatable bonds is 0. The summed E-state index contributed by atoms with van der Waals surface area (Å²) < 4.78 is 29.1. The Balaban J connectivity index is 3.32. The van der Waals surface area contributed by atoms with E-state index in [2.05, 4.69) is 20.9 Å². The Morgan fingerprint density at radius 1 is 2.25 bits per heavy atom. The van der Waals surface area contributed by atoms with E-state index in [9.17, 15) is 0 Å². The van der Waals surface area contributed by atoms with Crippen LogP contribution in [0.2, 0.25) is 0 Å². The second-order valence-electron chi connectivity index (χ2n) is 1.21. The van der Waals surface area contributed by atoms with Gasteiger partial charge in [0.2, 0.25) is 5.95 Å². The highest BCUT2D eigenvalue weighted by Crippen LogP contribution is 2.07. The summed E-state index contributed by atoms with van der Waals surface area (Å²) in [5, 5.41) is 0. The molecule has 0 aromatic carbocycles. The first-order valence-electron chi connectivity index (χ1n) is 3.85. The smallest absolute Gasteiger partial charge is 0.200 e. The molecule has 1 aromatic rings. The molecule has 0 fully saturated rings. The average molecular weight is 180 g/mol. The summed E-state index contributed by atoms with van der Waals surface area (Å²) in [6.07, 6.45) is -0.243. The normalized spacial score (nSPS) is 18.6. The zero-order chi connectivity index (χ0) is 9.52. The highest BCUT2D eigenvalue weighted by molar-refractivity contribution is 9.10. The maximum absolute atomic E-state index is 7.29. The van der Waals surface area contributed by atoms with Crippen LogP contribution in [0.1, 0.15) is 5.48 Å². The van der Waals surface area contributed by atoms with Gasteiger partial charge in [-0.2, -0.15) is 0 Å². The van der Waals surface area contributed by atoms with Crippen LogP contribution < -0.4 is 5.73 Å². The van der Waals surface area contributed by atoms with Crippen molar-refractivity contribution in [2.45, 2.75) is 0 Å². The molecule has 0 saturated heterocycles. The highest BCUT2D eigenvalue weighted by atomic mass is 79.9. The molecule has 0 aliphatic heterocycles. The molecule has 4 heteroatoms. The number of hydrogen-bond acceptors (Lipinski definition) is 2. The molecular formula is C4H6BrN3. The van der Waals surface area contributed by atoms with Gasteiger partial charge in [0.05, 0.1) is 1.37 Å². The van der Waals surface area contributed by atoms with Gasteiger partial charge in [-0.25, -0.2) is 4.98 Å². The lowest BCUT2D eigenvalue weighted by Crippen LogP contribution is -1.94. The van der Waals surface area contributed by atoms with Crippen molar-refractivity contribution in [3.05, 3.63) is 10.8 Å². The van der Waals surface area contributed by atoms with Gasteiger partial charge in [-0.15, -0.1) is 0 Å². The number of nitrogens with two attached hydrogens (primary N) is 1. The van der Waals surface area contributed by atoms with Gasteiger partial charge in [0.1, 0.15) is 4.60 Å². The van der Waals surface area contributed by atoms with Gasteiger partial charge in [-0.1, -0.05) is 0 Å². The van der Waals surface area contributed by atoms with E-state index < -0.39 is 6.98 Å². The zero-order valence-corrected chi connectivity index (χ0v) is 5.44. The Hall–Kier alpha value is -0.510. The lowest BCUT2D eigenvalue weighted by molar-refractivity contribution is 0.930. The summed E-state index contributed by atoms with van der Waals surface area (Å²) in [4.78, 5) is 3.59. The van der Waals surface area contributed by atoms with E-state index >= 15 is 0 Å². The molecule has 0 spiro atoms. The minimum atomic E-state index is -2.44. The lowest BCUT2D eigenvalue weighted by atomic mass is 10.9. The Bertz CT molecular complexity index is 304. The largest absolute Gasteiger partial charge is 0.369 e. The molecule has 0 aliphatic carbocycles. The maximum atomic E-state index is 7.29. The quantitative estimate of drug-likeness (QED) is 0.640. The molecule has 1 rings (SSSR count). The van der Waals surface area contributed by atoms with Gasteiger partial charge < -0.3 is 10.3 Å². The van der Waals surface area contributed by atoms with Gasteiger partial charge in [-0.05, 0) is 15.9 Å². The van der Waals surface area contributed by atoms with Crippen molar-refractivity contribution >= 4 is 21.9 Å². The van der Waals surface area contributed by atoms with Crippen LogP contribution >= 0.6 is 15.9 Å². The summed E-state index contributed by atoms with van der Waals surface area (Å²) in [7, 11) is 0. The first-order valence-corrected chi connectivity index (χ1v) is 2.64. The van der Waals surface area contributed by atoms with Gasteiger partial charge in [0.25, 0.3) is 0 Å². The predicted octanol–water partition coefficient (Wildman–Crippen LogP) is 0.765. The second-order valence-corrected chi connectivity index (χ2v) is 1.96. The third kappa shape index (κ3) is 0.838. The van der Waals surface area contributed by atoms with Crippen molar-refractivity contribution in [3.8, 4) is 0 Å². The Morgan fingerprint density at radius 2 is 3.00 bits per heavy atom. The fraction of sp³-hybridized carbons (Fsp3) is 0.250. The highest BCUT2D eigenvalue weighted by Gasteiger charge is 1.94. The third-order valence-electron chi connectivity index (χ3n) is 0.646. The number of nitrogen functional groups attached to an aromatic ring is 1. The topological polar surface area (TPSA) is 43.8 Å². The molecule has 1 aromatic heterocycles. The first kappa shape index (κ1) is 2.39. The standard InChI is InChI=1S/C4H6BrN3/c1-8-2-3(5)7-4(8)6/h2H,1H3,(H2,6,7)/i1D3,2D. The summed E-state index contributed by atoms with van der Waals surface area (Å²) >= 11 is 2.91. The number of hydrogen-bond donors (Lipinski definition) is 1. The molecule has 0 bridgehead atoms. The molecule has 0 amide bonds. The SMILES string of the molecule is [2H]c1c(Br)nc(N)n1C([2H])([2H])[2H]. The van der Waals surface area contributed by atoms with E-state index in [1.165, 1.54) is 0 Å². The molecule has 0 unspecified atom stereocenters. The molecule has 0 aliphatic rings.